The van der Waals surface area contributed by atoms with Gasteiger partial charge in [0, 0.05) is 6.54 Å². The highest BCUT2D eigenvalue weighted by Crippen LogP contribution is 2.35. The van der Waals surface area contributed by atoms with Gasteiger partial charge in [-0.1, -0.05) is 24.3 Å². The van der Waals surface area contributed by atoms with Crippen LogP contribution in [0, 0.1) is 0 Å². The average Bonchev–Trinajstić information content (AvgIpc) is 3.11. The number of methoxy groups -OCH3 is 1. The van der Waals surface area contributed by atoms with Crippen molar-refractivity contribution in [1.82, 2.24) is 9.97 Å². The quantitative estimate of drug-likeness (QED) is 0.733. The minimum Gasteiger partial charge on any atom is -0.497 e. The van der Waals surface area contributed by atoms with Crippen LogP contribution in [0.1, 0.15) is 24.4 Å². The summed E-state index contributed by atoms with van der Waals surface area (Å²) in [5, 5.41) is 0. The summed E-state index contributed by atoms with van der Waals surface area (Å²) < 4.78 is 5.26. The third-order valence-electron chi connectivity index (χ3n) is 4.48. The van der Waals surface area contributed by atoms with Gasteiger partial charge in [0.1, 0.15) is 11.6 Å². The van der Waals surface area contributed by atoms with Crippen LogP contribution in [0.4, 0.5) is 5.82 Å². The maximum atomic E-state index is 5.26. The van der Waals surface area contributed by atoms with Crippen LogP contribution < -0.4 is 9.64 Å². The van der Waals surface area contributed by atoms with E-state index in [1.165, 1.54) is 12.0 Å². The number of hydrogen-bond donors (Lipinski definition) is 0. The third-order valence-corrected chi connectivity index (χ3v) is 4.48. The number of hydrogen-bond acceptors (Lipinski definition) is 4. The molecule has 1 aliphatic heterocycles. The molecule has 1 fully saturated rings. The molecule has 0 spiro atoms. The second-order valence-corrected chi connectivity index (χ2v) is 5.84. The van der Waals surface area contributed by atoms with Gasteiger partial charge in [-0.15, -0.1) is 0 Å². The van der Waals surface area contributed by atoms with E-state index in [0.29, 0.717) is 6.04 Å². The fourth-order valence-corrected chi connectivity index (χ4v) is 3.30. The molecule has 0 bridgehead atoms. The maximum Gasteiger partial charge on any atom is 0.148 e. The lowest BCUT2D eigenvalue weighted by Crippen LogP contribution is -2.23. The summed E-state index contributed by atoms with van der Waals surface area (Å²) in [5.74, 6) is 1.85. The highest BCUT2D eigenvalue weighted by molar-refractivity contribution is 5.75. The van der Waals surface area contributed by atoms with Crippen LogP contribution in [0.3, 0.4) is 0 Å². The number of rotatable bonds is 3. The summed E-state index contributed by atoms with van der Waals surface area (Å²) in [6.07, 6.45) is 4.20. The molecule has 0 unspecified atom stereocenters. The number of anilines is 1. The molecule has 2 aromatic carbocycles. The molecule has 2 heterocycles. The van der Waals surface area contributed by atoms with Crippen molar-refractivity contribution in [2.75, 3.05) is 18.6 Å². The molecule has 0 radical (unpaired) electrons. The van der Waals surface area contributed by atoms with Gasteiger partial charge in [0.25, 0.3) is 0 Å². The Balaban J connectivity index is 1.67. The normalized spacial score (nSPS) is 17.6. The van der Waals surface area contributed by atoms with E-state index in [2.05, 4.69) is 22.0 Å². The Morgan fingerprint density at radius 2 is 1.83 bits per heavy atom. The first-order chi connectivity index (χ1) is 11.3. The van der Waals surface area contributed by atoms with E-state index < -0.39 is 0 Å². The van der Waals surface area contributed by atoms with Crippen molar-refractivity contribution in [2.45, 2.75) is 18.9 Å². The van der Waals surface area contributed by atoms with Gasteiger partial charge in [0.05, 0.1) is 30.4 Å². The largest absolute Gasteiger partial charge is 0.497 e. The van der Waals surface area contributed by atoms with Crippen LogP contribution in [0.15, 0.2) is 54.7 Å². The number of fused-ring (bicyclic) bond motifs is 1. The number of ether oxygens (including phenoxy) is 1. The summed E-state index contributed by atoms with van der Waals surface area (Å²) in [7, 11) is 1.70. The lowest BCUT2D eigenvalue weighted by Gasteiger charge is -2.26. The molecule has 1 aromatic heterocycles. The van der Waals surface area contributed by atoms with Gasteiger partial charge in [0.2, 0.25) is 0 Å². The van der Waals surface area contributed by atoms with E-state index in [0.717, 1.165) is 35.6 Å². The predicted octanol–water partition coefficient (Wildman–Crippen LogP) is 3.98. The number of benzene rings is 2. The fourth-order valence-electron chi connectivity index (χ4n) is 3.30. The van der Waals surface area contributed by atoms with Crippen molar-refractivity contribution in [3.05, 3.63) is 60.3 Å². The van der Waals surface area contributed by atoms with E-state index in [9.17, 15) is 0 Å². The molecule has 4 rings (SSSR count). The topological polar surface area (TPSA) is 38.2 Å². The molecular weight excluding hydrogens is 286 g/mol. The van der Waals surface area contributed by atoms with Crippen LogP contribution in [-0.4, -0.2) is 23.6 Å². The van der Waals surface area contributed by atoms with Crippen LogP contribution >= 0.6 is 0 Å². The highest BCUT2D eigenvalue weighted by Gasteiger charge is 2.27. The van der Waals surface area contributed by atoms with Crippen LogP contribution in [-0.2, 0) is 0 Å². The Bertz CT molecular complexity index is 816. The molecular formula is C19H19N3O. The molecule has 116 valence electrons. The molecule has 4 nitrogen and oxygen atoms in total. The monoisotopic (exact) mass is 305 g/mol. The van der Waals surface area contributed by atoms with Gasteiger partial charge in [-0.3, -0.25) is 4.98 Å². The Kier molecular flexibility index (Phi) is 3.58. The minimum absolute atomic E-state index is 0.358. The van der Waals surface area contributed by atoms with Crippen molar-refractivity contribution in [2.24, 2.45) is 0 Å². The first-order valence-corrected chi connectivity index (χ1v) is 7.97. The molecule has 4 heteroatoms. The second-order valence-electron chi connectivity index (χ2n) is 5.84. The Morgan fingerprint density at radius 1 is 1.04 bits per heavy atom. The number of nitrogens with zero attached hydrogens (tertiary/aromatic N) is 3. The maximum absolute atomic E-state index is 5.26. The Hall–Kier alpha value is -2.62. The molecule has 0 N–H and O–H groups in total. The molecule has 3 aromatic rings. The average molecular weight is 305 g/mol. The standard InChI is InChI=1S/C19H19N3O/c1-23-15-10-8-14(9-11-15)18-7-4-12-22(18)19-13-20-16-5-2-3-6-17(16)21-19/h2-3,5-6,8-11,13,18H,4,7,12H2,1H3/t18-/m0/s1. The van der Waals surface area contributed by atoms with E-state index >= 15 is 0 Å². The second kappa shape index (κ2) is 5.88. The zero-order chi connectivity index (χ0) is 15.6. The van der Waals surface area contributed by atoms with Crippen molar-refractivity contribution in [1.29, 1.82) is 0 Å². The first-order valence-electron chi connectivity index (χ1n) is 7.97. The third kappa shape index (κ3) is 2.61. The van der Waals surface area contributed by atoms with Crippen LogP contribution in [0.2, 0.25) is 0 Å². The Morgan fingerprint density at radius 3 is 2.61 bits per heavy atom. The molecule has 0 saturated carbocycles. The SMILES string of the molecule is COc1ccc([C@@H]2CCCN2c2cnc3ccccc3n2)cc1. The van der Waals surface area contributed by atoms with E-state index in [-0.39, 0.29) is 0 Å². The molecule has 0 aliphatic carbocycles. The molecule has 0 amide bonds. The van der Waals surface area contributed by atoms with Gasteiger partial charge in [-0.05, 0) is 42.7 Å². The zero-order valence-corrected chi connectivity index (χ0v) is 13.1. The molecule has 1 aliphatic rings. The van der Waals surface area contributed by atoms with E-state index in [1.54, 1.807) is 7.11 Å². The molecule has 23 heavy (non-hydrogen) atoms. The van der Waals surface area contributed by atoms with Crippen molar-refractivity contribution in [3.8, 4) is 5.75 Å². The number of para-hydroxylation sites is 2. The summed E-state index contributed by atoms with van der Waals surface area (Å²) in [5.41, 5.74) is 3.19. The molecule has 1 atom stereocenters. The summed E-state index contributed by atoms with van der Waals surface area (Å²) in [4.78, 5) is 11.7. The highest BCUT2D eigenvalue weighted by atomic mass is 16.5. The lowest BCUT2D eigenvalue weighted by molar-refractivity contribution is 0.414. The summed E-state index contributed by atoms with van der Waals surface area (Å²) in [6, 6.07) is 16.7. The zero-order valence-electron chi connectivity index (χ0n) is 13.1. The Labute approximate surface area is 135 Å². The van der Waals surface area contributed by atoms with E-state index in [1.807, 2.05) is 42.6 Å². The van der Waals surface area contributed by atoms with E-state index in [4.69, 9.17) is 9.72 Å². The van der Waals surface area contributed by atoms with Crippen molar-refractivity contribution >= 4 is 16.9 Å². The fraction of sp³-hybridized carbons (Fsp3) is 0.263. The van der Waals surface area contributed by atoms with Gasteiger partial charge in [-0.2, -0.15) is 0 Å². The summed E-state index contributed by atoms with van der Waals surface area (Å²) in [6.45, 7) is 1.02. The predicted molar refractivity (Wildman–Crippen MR) is 91.9 cm³/mol. The van der Waals surface area contributed by atoms with Gasteiger partial charge >= 0.3 is 0 Å². The van der Waals surface area contributed by atoms with Crippen LogP contribution in [0.5, 0.6) is 5.75 Å². The number of aromatic nitrogens is 2. The lowest BCUT2D eigenvalue weighted by atomic mass is 10.0. The summed E-state index contributed by atoms with van der Waals surface area (Å²) >= 11 is 0. The van der Waals surface area contributed by atoms with Crippen molar-refractivity contribution in [3.63, 3.8) is 0 Å². The minimum atomic E-state index is 0.358. The van der Waals surface area contributed by atoms with Gasteiger partial charge in [0.15, 0.2) is 0 Å². The smallest absolute Gasteiger partial charge is 0.148 e. The van der Waals surface area contributed by atoms with Crippen LogP contribution in [0.25, 0.3) is 11.0 Å². The van der Waals surface area contributed by atoms with Crippen molar-refractivity contribution < 1.29 is 4.74 Å². The molecule has 1 saturated heterocycles. The van der Waals surface area contributed by atoms with Gasteiger partial charge in [-0.25, -0.2) is 4.98 Å². The first kappa shape index (κ1) is 14.0. The van der Waals surface area contributed by atoms with Gasteiger partial charge < -0.3 is 9.64 Å².